The fourth-order valence-corrected chi connectivity index (χ4v) is 2.85. The fraction of sp³-hybridized carbons (Fsp3) is 0.875. The van der Waals surface area contributed by atoms with Crippen LogP contribution in [0.3, 0.4) is 0 Å². The van der Waals surface area contributed by atoms with Crippen molar-refractivity contribution in [3.8, 4) is 0 Å². The van der Waals surface area contributed by atoms with E-state index in [1.54, 1.807) is 0 Å². The summed E-state index contributed by atoms with van der Waals surface area (Å²) >= 11 is 8.43. The average Bonchev–Trinajstić information content (AvgIpc) is 2.42. The molecule has 0 aliphatic heterocycles. The topological polar surface area (TPSA) is 29.5 Å². The molecule has 0 aromatic heterocycles. The Morgan fingerprint density at radius 3 is 1.76 bits per heavy atom. The summed E-state index contributed by atoms with van der Waals surface area (Å²) < 4.78 is 4.90. The van der Waals surface area contributed by atoms with Gasteiger partial charge in [0, 0.05) is 0 Å². The summed E-state index contributed by atoms with van der Waals surface area (Å²) in [5.41, 5.74) is -2.81. The number of thiol groups is 1. The third-order valence-corrected chi connectivity index (χ3v) is 4.46. The Morgan fingerprint density at radius 1 is 0.905 bits per heavy atom. The van der Waals surface area contributed by atoms with Gasteiger partial charge in [0.2, 0.25) is 0 Å². The Labute approximate surface area is 142 Å². The summed E-state index contributed by atoms with van der Waals surface area (Å²) in [6.07, 6.45) is 20.8. The van der Waals surface area contributed by atoms with Gasteiger partial charge in [0.15, 0.2) is 0 Å². The molecule has 0 aliphatic carbocycles. The van der Waals surface area contributed by atoms with E-state index in [0.717, 1.165) is 6.42 Å². The Kier molecular flexibility index (Phi) is 15.8. The van der Waals surface area contributed by atoms with Crippen molar-refractivity contribution in [2.75, 3.05) is 0 Å². The molecule has 5 heteroatoms. The Hall–Kier alpha value is 0.500. The highest BCUT2D eigenvalue weighted by Crippen LogP contribution is 2.47. The maximum absolute atomic E-state index is 9.14. The largest absolute Gasteiger partial charge is 0.445 e. The van der Waals surface area contributed by atoms with Gasteiger partial charge in [-0.25, -0.2) is 0 Å². The lowest BCUT2D eigenvalue weighted by atomic mass is 10.0. The Morgan fingerprint density at radius 2 is 1.33 bits per heavy atom. The van der Waals surface area contributed by atoms with Crippen molar-refractivity contribution in [2.45, 2.75) is 90.4 Å². The van der Waals surface area contributed by atoms with Crippen molar-refractivity contribution in [1.29, 1.82) is 0 Å². The lowest BCUT2D eigenvalue weighted by Gasteiger charge is -2.05. The maximum Gasteiger partial charge on any atom is 0.291 e. The second-order valence-electron chi connectivity index (χ2n) is 5.65. The van der Waals surface area contributed by atoms with E-state index in [9.17, 15) is 0 Å². The average molecular weight is 353 g/mol. The van der Waals surface area contributed by atoms with Crippen LogP contribution >= 0.6 is 17.9 Å². The zero-order valence-electron chi connectivity index (χ0n) is 13.5. The van der Waals surface area contributed by atoms with Crippen molar-refractivity contribution >= 4 is 29.7 Å². The molecular weight excluding hydrogens is 319 g/mol. The molecule has 0 aliphatic rings. The second-order valence-corrected chi connectivity index (χ2v) is 10.8. The zero-order chi connectivity index (χ0) is 15.8. The van der Waals surface area contributed by atoms with Gasteiger partial charge in [-0.05, 0) is 30.7 Å². The van der Waals surface area contributed by atoms with Gasteiger partial charge >= 0.3 is 0 Å². The van der Waals surface area contributed by atoms with Crippen LogP contribution < -0.4 is 0 Å². The molecule has 0 saturated carbocycles. The molecule has 0 aromatic carbocycles. The molecule has 0 amide bonds. The first-order valence-corrected chi connectivity index (χ1v) is 12.3. The summed E-state index contributed by atoms with van der Waals surface area (Å²) in [5, 5.41) is 0. The summed E-state index contributed by atoms with van der Waals surface area (Å²) in [4.78, 5) is 9.14. The van der Waals surface area contributed by atoms with Crippen LogP contribution in [0.25, 0.3) is 0 Å². The van der Waals surface area contributed by atoms with Gasteiger partial charge in [0.05, 0.1) is 6.26 Å². The lowest BCUT2D eigenvalue weighted by Crippen LogP contribution is -1.82. The molecule has 21 heavy (non-hydrogen) atoms. The van der Waals surface area contributed by atoms with Gasteiger partial charge in [-0.3, -0.25) is 0 Å². The van der Waals surface area contributed by atoms with Crippen LogP contribution in [0.2, 0.25) is 0 Å². The number of rotatable bonds is 15. The number of hydrogen-bond donors (Lipinski definition) is 2. The van der Waals surface area contributed by atoms with Gasteiger partial charge in [0.1, 0.15) is 0 Å². The molecular formula is C16H33O2PS2. The number of hydrogen-bond acceptors (Lipinski definition) is 2. The third kappa shape index (κ3) is 20.5. The monoisotopic (exact) mass is 352 g/mol. The van der Waals surface area contributed by atoms with Crippen molar-refractivity contribution in [2.24, 2.45) is 0 Å². The van der Waals surface area contributed by atoms with Crippen LogP contribution in [0.5, 0.6) is 0 Å². The zero-order valence-corrected chi connectivity index (χ0v) is 16.1. The Balaban J connectivity index is 3.11. The minimum absolute atomic E-state index is 0.987. The smallest absolute Gasteiger partial charge is 0.291 e. The minimum atomic E-state index is -2.81. The maximum atomic E-state index is 9.14. The molecule has 1 atom stereocenters. The summed E-state index contributed by atoms with van der Waals surface area (Å²) in [5.74, 6) is 0. The fourth-order valence-electron chi connectivity index (χ4n) is 2.29. The minimum Gasteiger partial charge on any atom is -0.445 e. The second kappa shape index (κ2) is 15.4. The summed E-state index contributed by atoms with van der Waals surface area (Å²) in [6.45, 7) is 2.27. The highest BCUT2D eigenvalue weighted by atomic mass is 32.9. The molecule has 0 fully saturated rings. The van der Waals surface area contributed by atoms with E-state index >= 15 is 0 Å². The molecule has 0 aromatic rings. The van der Waals surface area contributed by atoms with Crippen LogP contribution in [0, 0.1) is 0 Å². The highest BCUT2D eigenvalue weighted by molar-refractivity contribution is 8.59. The molecule has 0 spiro atoms. The Bertz CT molecular complexity index is 290. The van der Waals surface area contributed by atoms with E-state index in [4.69, 9.17) is 9.42 Å². The molecule has 0 radical (unpaired) electrons. The summed E-state index contributed by atoms with van der Waals surface area (Å²) in [6, 6.07) is 0. The molecule has 1 unspecified atom stereocenters. The molecule has 126 valence electrons. The van der Waals surface area contributed by atoms with E-state index in [1.165, 1.54) is 83.3 Å². The summed E-state index contributed by atoms with van der Waals surface area (Å²) in [7, 11) is 0. The van der Waals surface area contributed by atoms with Crippen molar-refractivity contribution < 1.29 is 9.42 Å². The van der Waals surface area contributed by atoms with Crippen LogP contribution in [0.4, 0.5) is 0 Å². The van der Waals surface area contributed by atoms with Crippen molar-refractivity contribution in [3.63, 3.8) is 0 Å². The predicted molar refractivity (Wildman–Crippen MR) is 101 cm³/mol. The number of allylic oxidation sites excluding steroid dienone is 1. The molecule has 0 heterocycles. The molecule has 0 rings (SSSR count). The SMILES string of the molecule is CCCCCCCCCCCCCCC=COP(O)(=S)S. The van der Waals surface area contributed by atoms with Gasteiger partial charge < -0.3 is 9.42 Å². The van der Waals surface area contributed by atoms with Crippen molar-refractivity contribution in [1.82, 2.24) is 0 Å². The van der Waals surface area contributed by atoms with E-state index < -0.39 is 5.69 Å². The first-order valence-electron chi connectivity index (χ1n) is 8.45. The first-order chi connectivity index (χ1) is 10.1. The van der Waals surface area contributed by atoms with E-state index in [0.29, 0.717) is 0 Å². The van der Waals surface area contributed by atoms with Crippen molar-refractivity contribution in [3.05, 3.63) is 12.3 Å². The molecule has 0 bridgehead atoms. The van der Waals surface area contributed by atoms with E-state index in [2.05, 4.69) is 31.0 Å². The quantitative estimate of drug-likeness (QED) is 0.148. The standard InChI is InChI=1S/C16H33O2PS2/c1-2-3-4-5-6-7-8-9-10-11-12-13-14-15-16-18-19(17,20)21/h15-16H,2-14H2,1H3,(H2,17,20,21). The van der Waals surface area contributed by atoms with Crippen LogP contribution in [0.15, 0.2) is 12.3 Å². The normalized spacial score (nSPS) is 14.4. The van der Waals surface area contributed by atoms with Crippen LogP contribution in [0.1, 0.15) is 90.4 Å². The predicted octanol–water partition coefficient (Wildman–Crippen LogP) is 6.75. The molecule has 0 saturated heterocycles. The van der Waals surface area contributed by atoms with Gasteiger partial charge in [-0.2, -0.15) is 0 Å². The molecule has 2 nitrogen and oxygen atoms in total. The van der Waals surface area contributed by atoms with Crippen LogP contribution in [-0.2, 0) is 16.3 Å². The van der Waals surface area contributed by atoms with Gasteiger partial charge in [-0.1, -0.05) is 89.8 Å². The lowest BCUT2D eigenvalue weighted by molar-refractivity contribution is 0.453. The highest BCUT2D eigenvalue weighted by Gasteiger charge is 2.01. The van der Waals surface area contributed by atoms with E-state index in [1.807, 2.05) is 6.08 Å². The van der Waals surface area contributed by atoms with Gasteiger partial charge in [-0.15, -0.1) is 0 Å². The van der Waals surface area contributed by atoms with Gasteiger partial charge in [0.25, 0.3) is 5.69 Å². The van der Waals surface area contributed by atoms with E-state index in [-0.39, 0.29) is 0 Å². The third-order valence-electron chi connectivity index (χ3n) is 3.52. The number of unbranched alkanes of at least 4 members (excludes halogenated alkanes) is 12. The van der Waals surface area contributed by atoms with Crippen LogP contribution in [-0.4, -0.2) is 4.89 Å². The first kappa shape index (κ1) is 21.5. The molecule has 1 N–H and O–H groups in total.